The summed E-state index contributed by atoms with van der Waals surface area (Å²) in [5.41, 5.74) is 0. The van der Waals surface area contributed by atoms with E-state index >= 15 is 0 Å². The molecule has 0 aliphatic carbocycles. The van der Waals surface area contributed by atoms with Crippen molar-refractivity contribution in [2.24, 2.45) is 0 Å². The molecule has 0 aliphatic heterocycles. The molecule has 0 unspecified atom stereocenters. The van der Waals surface area contributed by atoms with Crippen molar-refractivity contribution >= 4 is 61.5 Å². The fourth-order valence-corrected chi connectivity index (χ4v) is 1.37. The molecular formula is C6H2F13KO3S. The van der Waals surface area contributed by atoms with Crippen molar-refractivity contribution in [3.63, 3.8) is 0 Å². The zero-order valence-electron chi connectivity index (χ0n) is 9.59. The first-order valence-corrected chi connectivity index (χ1v) is 5.87. The van der Waals surface area contributed by atoms with Gasteiger partial charge in [-0.25, -0.2) is 0 Å². The quantitative estimate of drug-likeness (QED) is 0.407. The van der Waals surface area contributed by atoms with E-state index in [1.807, 2.05) is 0 Å². The predicted octanol–water partition coefficient (Wildman–Crippen LogP) is 2.92. The van der Waals surface area contributed by atoms with Crippen molar-refractivity contribution < 1.29 is 70.0 Å². The molecule has 18 heteroatoms. The van der Waals surface area contributed by atoms with Gasteiger partial charge in [0.05, 0.1) is 0 Å². The SMILES string of the molecule is O=S(=O)(O)C(F)(F)C(F)(F)C(F)(F)C(F)(F)C(F)(F)C(F)(F)F.[KH]. The molecule has 0 aromatic rings. The van der Waals surface area contributed by atoms with Crippen LogP contribution in [-0.4, -0.2) is 99.5 Å². The summed E-state index contributed by atoms with van der Waals surface area (Å²) in [5, 5.41) is -7.52. The zero-order valence-corrected chi connectivity index (χ0v) is 10.4. The first-order chi connectivity index (χ1) is 9.50. The summed E-state index contributed by atoms with van der Waals surface area (Å²) in [6.07, 6.45) is -7.59. The van der Waals surface area contributed by atoms with Crippen molar-refractivity contribution in [2.45, 2.75) is 35.1 Å². The van der Waals surface area contributed by atoms with Gasteiger partial charge < -0.3 is 0 Å². The van der Waals surface area contributed by atoms with Crippen LogP contribution in [0, 0.1) is 0 Å². The second kappa shape index (κ2) is 6.66. The molecule has 3 nitrogen and oxygen atoms in total. The van der Waals surface area contributed by atoms with E-state index in [-0.39, 0.29) is 51.4 Å². The summed E-state index contributed by atoms with van der Waals surface area (Å²) in [4.78, 5) is 0. The van der Waals surface area contributed by atoms with Crippen molar-refractivity contribution in [3.05, 3.63) is 0 Å². The summed E-state index contributed by atoms with van der Waals surface area (Å²) in [7, 11) is -7.61. The number of alkyl halides is 13. The standard InChI is InChI=1S/C6HF13O3S.K.H/c7-1(8,3(11,12)5(15,16)17)2(9,10)4(13,14)6(18,19)23(20,21)22;;/h(H,20,21,22);;. The van der Waals surface area contributed by atoms with Gasteiger partial charge in [0, 0.05) is 0 Å². The van der Waals surface area contributed by atoms with Crippen molar-refractivity contribution in [1.29, 1.82) is 0 Å². The van der Waals surface area contributed by atoms with E-state index in [2.05, 4.69) is 0 Å². The minimum atomic E-state index is -8.25. The average molecular weight is 440 g/mol. The minimum absolute atomic E-state index is 0. The van der Waals surface area contributed by atoms with E-state index in [4.69, 9.17) is 4.55 Å². The number of halogens is 13. The summed E-state index contributed by atoms with van der Waals surface area (Å²) >= 11 is 0. The maximum absolute atomic E-state index is 12.7. The molecule has 0 atom stereocenters. The molecule has 142 valence electrons. The molecular weight excluding hydrogens is 438 g/mol. The van der Waals surface area contributed by atoms with Gasteiger partial charge in [-0.1, -0.05) is 0 Å². The fourth-order valence-electron chi connectivity index (χ4n) is 0.917. The Morgan fingerprint density at radius 3 is 1.00 bits per heavy atom. The van der Waals surface area contributed by atoms with Gasteiger partial charge in [0.25, 0.3) is 0 Å². The van der Waals surface area contributed by atoms with E-state index < -0.39 is 45.2 Å². The van der Waals surface area contributed by atoms with Crippen LogP contribution in [0.2, 0.25) is 0 Å². The summed E-state index contributed by atoms with van der Waals surface area (Å²) < 4.78 is 188. The fraction of sp³-hybridized carbons (Fsp3) is 1.00. The van der Waals surface area contributed by atoms with Crippen LogP contribution in [0.3, 0.4) is 0 Å². The molecule has 0 spiro atoms. The van der Waals surface area contributed by atoms with Crippen molar-refractivity contribution in [2.75, 3.05) is 0 Å². The first kappa shape index (κ1) is 26.9. The molecule has 0 radical (unpaired) electrons. The Bertz CT molecular complexity index is 565. The van der Waals surface area contributed by atoms with E-state index in [9.17, 15) is 65.5 Å². The molecule has 0 heterocycles. The number of rotatable bonds is 5. The third-order valence-electron chi connectivity index (χ3n) is 2.23. The Morgan fingerprint density at radius 1 is 0.542 bits per heavy atom. The van der Waals surface area contributed by atoms with Crippen LogP contribution >= 0.6 is 0 Å². The van der Waals surface area contributed by atoms with Crippen LogP contribution in [0.4, 0.5) is 57.1 Å². The van der Waals surface area contributed by atoms with Crippen molar-refractivity contribution in [1.82, 2.24) is 0 Å². The molecule has 24 heavy (non-hydrogen) atoms. The van der Waals surface area contributed by atoms with Crippen LogP contribution < -0.4 is 0 Å². The third kappa shape index (κ3) is 3.55. The summed E-state index contributed by atoms with van der Waals surface area (Å²) in [5.74, 6) is -32.5. The van der Waals surface area contributed by atoms with Crippen LogP contribution in [0.5, 0.6) is 0 Å². The molecule has 0 aromatic heterocycles. The Labute approximate surface area is 165 Å². The van der Waals surface area contributed by atoms with Crippen LogP contribution in [0.1, 0.15) is 0 Å². The summed E-state index contributed by atoms with van der Waals surface area (Å²) in [6.45, 7) is 0. The predicted molar refractivity (Wildman–Crippen MR) is 49.5 cm³/mol. The Morgan fingerprint density at radius 2 is 0.792 bits per heavy atom. The van der Waals surface area contributed by atoms with Gasteiger partial charge in [0.2, 0.25) is 0 Å². The van der Waals surface area contributed by atoms with Gasteiger partial charge in [-0.2, -0.15) is 65.5 Å². The number of hydrogen-bond acceptors (Lipinski definition) is 2. The van der Waals surface area contributed by atoms with E-state index in [1.165, 1.54) is 0 Å². The van der Waals surface area contributed by atoms with E-state index in [1.54, 1.807) is 0 Å². The topological polar surface area (TPSA) is 54.4 Å². The molecule has 0 fully saturated rings. The van der Waals surface area contributed by atoms with E-state index in [0.29, 0.717) is 0 Å². The Kier molecular flexibility index (Phi) is 7.46. The molecule has 0 bridgehead atoms. The molecule has 0 rings (SSSR count). The van der Waals surface area contributed by atoms with Gasteiger partial charge in [-0.15, -0.1) is 0 Å². The second-order valence-electron chi connectivity index (χ2n) is 3.79. The molecule has 0 saturated heterocycles. The molecule has 0 aromatic carbocycles. The first-order valence-electron chi connectivity index (χ1n) is 4.43. The normalized spacial score (nSPS) is 15.9. The molecule has 1 N–H and O–H groups in total. The van der Waals surface area contributed by atoms with Gasteiger partial charge >= 0.3 is 96.6 Å². The van der Waals surface area contributed by atoms with Gasteiger partial charge in [-0.3, -0.25) is 4.55 Å². The molecule has 0 aliphatic rings. The van der Waals surface area contributed by atoms with Gasteiger partial charge in [0.15, 0.2) is 0 Å². The van der Waals surface area contributed by atoms with Crippen LogP contribution in [0.25, 0.3) is 0 Å². The zero-order chi connectivity index (χ0) is 19.5. The summed E-state index contributed by atoms with van der Waals surface area (Å²) in [6, 6.07) is 0. The molecule has 0 saturated carbocycles. The monoisotopic (exact) mass is 440 g/mol. The van der Waals surface area contributed by atoms with Crippen LogP contribution in [-0.2, 0) is 10.1 Å². The average Bonchev–Trinajstić information content (AvgIpc) is 2.24. The van der Waals surface area contributed by atoms with Gasteiger partial charge in [-0.05, 0) is 0 Å². The molecule has 0 amide bonds. The third-order valence-corrected chi connectivity index (χ3v) is 3.13. The van der Waals surface area contributed by atoms with Crippen molar-refractivity contribution in [3.8, 4) is 0 Å². The van der Waals surface area contributed by atoms with E-state index in [0.717, 1.165) is 0 Å². The van der Waals surface area contributed by atoms with Gasteiger partial charge in [0.1, 0.15) is 0 Å². The number of hydrogen-bond donors (Lipinski definition) is 1. The maximum atomic E-state index is 12.7. The Hall–Kier alpha value is 0.636. The second-order valence-corrected chi connectivity index (χ2v) is 5.25. The van der Waals surface area contributed by atoms with Crippen LogP contribution in [0.15, 0.2) is 0 Å². The Balaban J connectivity index is 0.